The Morgan fingerprint density at radius 1 is 0.243 bits per heavy atom. The van der Waals surface area contributed by atoms with Gasteiger partial charge in [-0.15, -0.1) is 10.3 Å². The summed E-state index contributed by atoms with van der Waals surface area (Å²) in [4.78, 5) is 0. The van der Waals surface area contributed by atoms with Crippen molar-refractivity contribution in [3.8, 4) is 0 Å². The highest BCUT2D eigenvalue weighted by atomic mass is 35.5. The number of fused-ring (bicyclic) bond motifs is 10. The SMILES string of the molecule is CC12c3c(Cl)c4c(c(Cl)c3C(C)(c3c(Cl)c5c(c(Cl)c31)C(c1ccccc1)(c1ccccc1)C5(c1ccccc1)c1ccccc1)N2[O])C(c1ccccc1)(c1ccccc1)C4(c1ccccc1)c1ccccc1. The van der Waals surface area contributed by atoms with E-state index < -0.39 is 32.7 Å². The zero-order chi connectivity index (χ0) is 50.4. The van der Waals surface area contributed by atoms with Crippen LogP contribution in [0.1, 0.15) is 103 Å². The van der Waals surface area contributed by atoms with Gasteiger partial charge in [0.1, 0.15) is 11.1 Å². The summed E-state index contributed by atoms with van der Waals surface area (Å²) in [5, 5.41) is 19.7. The minimum absolute atomic E-state index is 0.488. The van der Waals surface area contributed by atoms with Gasteiger partial charge in [0.25, 0.3) is 0 Å². The van der Waals surface area contributed by atoms with Crippen LogP contribution >= 0.6 is 46.4 Å². The molecule has 0 saturated carbocycles. The van der Waals surface area contributed by atoms with Gasteiger partial charge in [0.2, 0.25) is 0 Å². The molecule has 6 heteroatoms. The van der Waals surface area contributed by atoms with Gasteiger partial charge in [0.05, 0.1) is 41.8 Å². The third-order valence-electron chi connectivity index (χ3n) is 17.8. The van der Waals surface area contributed by atoms with E-state index in [1.54, 1.807) is 0 Å². The summed E-state index contributed by atoms with van der Waals surface area (Å²) < 4.78 is 0. The predicted molar refractivity (Wildman–Crippen MR) is 299 cm³/mol. The molecule has 10 aromatic rings. The number of nitrogens with zero attached hydrogens (tertiary/aromatic N) is 1. The van der Waals surface area contributed by atoms with Crippen molar-refractivity contribution in [2.24, 2.45) is 0 Å². The van der Waals surface area contributed by atoms with E-state index >= 15 is 5.21 Å². The monoisotopic (exact) mass is 1030 g/mol. The fourth-order valence-electron chi connectivity index (χ4n) is 15.4. The van der Waals surface area contributed by atoms with Crippen LogP contribution in [0.3, 0.4) is 0 Å². The number of hydrogen-bond donors (Lipinski definition) is 0. The van der Waals surface area contributed by atoms with E-state index in [1.807, 2.05) is 13.8 Å². The van der Waals surface area contributed by atoms with Gasteiger partial charge in [-0.1, -0.05) is 289 Å². The van der Waals surface area contributed by atoms with Crippen molar-refractivity contribution in [1.82, 2.24) is 5.06 Å². The summed E-state index contributed by atoms with van der Waals surface area (Å²) in [5.74, 6) is 0. The molecule has 2 aliphatic carbocycles. The van der Waals surface area contributed by atoms with Crippen molar-refractivity contribution in [2.45, 2.75) is 46.6 Å². The number of hydroxylamine groups is 2. The van der Waals surface area contributed by atoms with Crippen LogP contribution in [0.4, 0.5) is 0 Å². The maximum absolute atomic E-state index is 16.5. The molecule has 0 spiro atoms. The molecule has 2 heterocycles. The molecule has 2 aliphatic heterocycles. The Kier molecular flexibility index (Phi) is 10.0. The van der Waals surface area contributed by atoms with Crippen LogP contribution in [-0.2, 0) is 37.9 Å². The van der Waals surface area contributed by atoms with Gasteiger partial charge in [-0.05, 0) is 80.6 Å². The lowest BCUT2D eigenvalue weighted by molar-refractivity contribution is -0.240. The molecule has 0 aromatic heterocycles. The highest BCUT2D eigenvalue weighted by Crippen LogP contribution is 2.80. The highest BCUT2D eigenvalue weighted by molar-refractivity contribution is 6.39. The van der Waals surface area contributed by atoms with Crippen molar-refractivity contribution < 1.29 is 5.21 Å². The molecule has 74 heavy (non-hydrogen) atoms. The quantitative estimate of drug-likeness (QED) is 0.149. The Morgan fingerprint density at radius 2 is 0.378 bits per heavy atom. The van der Waals surface area contributed by atoms with Gasteiger partial charge >= 0.3 is 0 Å². The molecule has 0 saturated heterocycles. The molecule has 357 valence electrons. The maximum atomic E-state index is 16.5. The summed E-state index contributed by atoms with van der Waals surface area (Å²) in [6.45, 7) is 3.97. The number of hydrogen-bond acceptors (Lipinski definition) is 1. The average molecular weight is 1030 g/mol. The van der Waals surface area contributed by atoms with Crippen molar-refractivity contribution in [2.75, 3.05) is 0 Å². The van der Waals surface area contributed by atoms with Gasteiger partial charge in [0, 0.05) is 22.3 Å². The number of halogens is 4. The zero-order valence-corrected chi connectivity index (χ0v) is 43.5. The highest BCUT2D eigenvalue weighted by Gasteiger charge is 2.76. The van der Waals surface area contributed by atoms with Gasteiger partial charge < -0.3 is 0 Å². The van der Waals surface area contributed by atoms with Crippen molar-refractivity contribution in [1.29, 1.82) is 0 Å². The first-order valence-electron chi connectivity index (χ1n) is 25.2. The molecule has 2 nitrogen and oxygen atoms in total. The van der Waals surface area contributed by atoms with Crippen LogP contribution in [0.5, 0.6) is 0 Å². The van der Waals surface area contributed by atoms with E-state index in [4.69, 9.17) is 46.4 Å². The van der Waals surface area contributed by atoms with E-state index in [2.05, 4.69) is 243 Å². The molecule has 0 N–H and O–H groups in total. The normalized spacial score (nSPS) is 20.6. The lowest BCUT2D eigenvalue weighted by Crippen LogP contribution is -2.62. The van der Waals surface area contributed by atoms with Gasteiger partial charge in [-0.2, -0.15) is 0 Å². The maximum Gasteiger partial charge on any atom is 0.101 e. The zero-order valence-electron chi connectivity index (χ0n) is 40.5. The second-order valence-electron chi connectivity index (χ2n) is 20.6. The molecule has 2 bridgehead atoms. The standard InChI is InChI=1S/C68H46Cl4NO/c1-63-51-53(61(71)57-55(59(51)69)65(43-27-11-3-12-28-43,44-29-13-4-14-30-44)67(57,47-35-19-7-20-36-47)48-37-21-8-22-38-48)64(2,73(63)74)54-52(63)60(70)56-58(62(54)72)68(49-39-23-9-24-40-49,50-41-25-10-26-42-50)66(56,45-31-15-5-16-32-45)46-33-17-6-18-34-46/h3-42H,1-2H3. The van der Waals surface area contributed by atoms with E-state index in [1.165, 1.54) is 5.06 Å². The topological polar surface area (TPSA) is 23.1 Å². The summed E-state index contributed by atoms with van der Waals surface area (Å²) in [6.07, 6.45) is 0. The molecule has 4 aliphatic rings. The minimum atomic E-state index is -1.46. The average Bonchev–Trinajstić information content (AvgIpc) is 3.94. The summed E-state index contributed by atoms with van der Waals surface area (Å²) >= 11 is 33.8. The summed E-state index contributed by atoms with van der Waals surface area (Å²) in [5.41, 5.74) is 7.64. The van der Waals surface area contributed by atoms with Gasteiger partial charge in [-0.3, -0.25) is 0 Å². The van der Waals surface area contributed by atoms with E-state index in [0.29, 0.717) is 42.3 Å². The Labute approximate surface area is 452 Å². The Bertz CT molecular complexity index is 3200. The minimum Gasteiger partial charge on any atom is -0.125 e. The van der Waals surface area contributed by atoms with Crippen molar-refractivity contribution in [3.63, 3.8) is 0 Å². The van der Waals surface area contributed by atoms with Crippen LogP contribution in [0.25, 0.3) is 0 Å². The summed E-state index contributed by atoms with van der Waals surface area (Å²) in [7, 11) is 0. The van der Waals surface area contributed by atoms with E-state index in [-0.39, 0.29) is 0 Å². The number of benzene rings is 10. The first-order chi connectivity index (χ1) is 36.1. The predicted octanol–water partition coefficient (Wildman–Crippen LogP) is 17.2. The molecule has 0 fully saturated rings. The molecule has 0 atom stereocenters. The van der Waals surface area contributed by atoms with Crippen LogP contribution in [0.2, 0.25) is 20.1 Å². The molecular weight excluding hydrogens is 989 g/mol. The Balaban J connectivity index is 1.17. The largest absolute Gasteiger partial charge is 0.125 e. The smallest absolute Gasteiger partial charge is 0.101 e. The molecule has 0 unspecified atom stereocenters. The molecular formula is C68H46Cl4NO. The van der Waals surface area contributed by atoms with Crippen LogP contribution in [0.15, 0.2) is 243 Å². The fraction of sp³-hybridized carbons (Fsp3) is 0.118. The fourth-order valence-corrected chi connectivity index (χ4v) is 17.5. The molecule has 10 aromatic carbocycles. The van der Waals surface area contributed by atoms with Gasteiger partial charge in [0.15, 0.2) is 0 Å². The van der Waals surface area contributed by atoms with Crippen LogP contribution < -0.4 is 0 Å². The molecule has 0 amide bonds. The second-order valence-corrected chi connectivity index (χ2v) is 22.1. The first-order valence-corrected chi connectivity index (χ1v) is 26.7. The first kappa shape index (κ1) is 45.9. The summed E-state index contributed by atoms with van der Waals surface area (Å²) in [6, 6.07) is 85.2. The van der Waals surface area contributed by atoms with Crippen molar-refractivity contribution in [3.05, 3.63) is 352 Å². The van der Waals surface area contributed by atoms with Crippen LogP contribution in [0, 0.1) is 0 Å². The van der Waals surface area contributed by atoms with E-state index in [0.717, 1.165) is 66.8 Å². The molecule has 1 radical (unpaired) electrons. The van der Waals surface area contributed by atoms with E-state index in [9.17, 15) is 0 Å². The van der Waals surface area contributed by atoms with Gasteiger partial charge in [-0.25, -0.2) is 0 Å². The lowest BCUT2D eigenvalue weighted by Gasteiger charge is -2.64. The molecule has 14 rings (SSSR count). The Morgan fingerprint density at radius 3 is 0.514 bits per heavy atom. The Hall–Kier alpha value is -6.72. The van der Waals surface area contributed by atoms with Crippen LogP contribution in [-0.4, -0.2) is 5.06 Å². The second kappa shape index (κ2) is 16.1. The van der Waals surface area contributed by atoms with Crippen molar-refractivity contribution >= 4 is 46.4 Å². The third kappa shape index (κ3) is 5.04. The number of rotatable bonds is 8. The third-order valence-corrected chi connectivity index (χ3v) is 19.3. The lowest BCUT2D eigenvalue weighted by atomic mass is 9.37.